The fourth-order valence-corrected chi connectivity index (χ4v) is 3.84. The molecule has 0 radical (unpaired) electrons. The molecular weight excluding hydrogens is 346 g/mol. The van der Waals surface area contributed by atoms with Gasteiger partial charge in [-0.2, -0.15) is 0 Å². The number of aromatic nitrogens is 1. The number of carboxylic acid groups (broad SMARTS) is 1. The molecule has 1 atom stereocenters. The molecule has 1 aliphatic heterocycles. The van der Waals surface area contributed by atoms with Gasteiger partial charge >= 0.3 is 5.97 Å². The van der Waals surface area contributed by atoms with Crippen molar-refractivity contribution in [3.05, 3.63) is 36.0 Å². The summed E-state index contributed by atoms with van der Waals surface area (Å²) in [7, 11) is 0. The topological polar surface area (TPSA) is 93.7 Å². The molecule has 0 saturated carbocycles. The molecule has 1 saturated heterocycles. The van der Waals surface area contributed by atoms with Crippen LogP contribution in [0.5, 0.6) is 0 Å². The van der Waals surface area contributed by atoms with Gasteiger partial charge in [-0.1, -0.05) is 18.2 Å². The average molecular weight is 371 g/mol. The van der Waals surface area contributed by atoms with Gasteiger partial charge in [0.15, 0.2) is 0 Å². The first-order chi connectivity index (χ1) is 13.0. The zero-order chi connectivity index (χ0) is 19.4. The lowest BCUT2D eigenvalue weighted by Gasteiger charge is -2.28. The molecule has 0 spiro atoms. The lowest BCUT2D eigenvalue weighted by molar-refractivity contribution is -0.145. The van der Waals surface area contributed by atoms with E-state index < -0.39 is 5.97 Å². The van der Waals surface area contributed by atoms with Crippen molar-refractivity contribution in [1.29, 1.82) is 0 Å². The lowest BCUT2D eigenvalue weighted by Crippen LogP contribution is -2.43. The minimum absolute atomic E-state index is 0.0630. The zero-order valence-corrected chi connectivity index (χ0v) is 15.5. The number of carbonyl (C=O) groups excluding carboxylic acids is 2. The second kappa shape index (κ2) is 8.24. The number of amides is 2. The number of likely N-dealkylation sites (tertiary alicyclic amines) is 1. The first-order valence-electron chi connectivity index (χ1n) is 9.27. The highest BCUT2D eigenvalue weighted by atomic mass is 16.4. The van der Waals surface area contributed by atoms with Crippen LogP contribution in [-0.4, -0.2) is 63.4 Å². The van der Waals surface area contributed by atoms with E-state index in [4.69, 9.17) is 5.11 Å². The molecule has 144 valence electrons. The summed E-state index contributed by atoms with van der Waals surface area (Å²) >= 11 is 0. The van der Waals surface area contributed by atoms with Crippen LogP contribution in [0.4, 0.5) is 0 Å². The van der Waals surface area contributed by atoms with Gasteiger partial charge < -0.3 is 19.9 Å². The number of H-pyrrole nitrogens is 1. The van der Waals surface area contributed by atoms with Crippen LogP contribution >= 0.6 is 0 Å². The number of hydrogen-bond acceptors (Lipinski definition) is 3. The summed E-state index contributed by atoms with van der Waals surface area (Å²) in [5.74, 6) is -1.18. The molecular formula is C20H25N3O4. The van der Waals surface area contributed by atoms with Crippen LogP contribution in [0, 0.1) is 0 Å². The van der Waals surface area contributed by atoms with Crippen LogP contribution in [-0.2, 0) is 20.8 Å². The van der Waals surface area contributed by atoms with Gasteiger partial charge in [0, 0.05) is 43.2 Å². The molecule has 0 aliphatic carbocycles. The maximum Gasteiger partial charge on any atom is 0.323 e. The van der Waals surface area contributed by atoms with Crippen molar-refractivity contribution < 1.29 is 19.5 Å². The Hall–Kier alpha value is -2.83. The lowest BCUT2D eigenvalue weighted by atomic mass is 10.1. The number of aliphatic carboxylic acids is 1. The maximum absolute atomic E-state index is 12.8. The van der Waals surface area contributed by atoms with Crippen LogP contribution in [0.1, 0.15) is 31.7 Å². The summed E-state index contributed by atoms with van der Waals surface area (Å²) in [4.78, 5) is 42.1. The third-order valence-corrected chi connectivity index (χ3v) is 5.22. The normalized spacial score (nSPS) is 17.5. The van der Waals surface area contributed by atoms with E-state index >= 15 is 0 Å². The van der Waals surface area contributed by atoms with Gasteiger partial charge in [0.2, 0.25) is 11.8 Å². The van der Waals surface area contributed by atoms with Crippen LogP contribution < -0.4 is 0 Å². The third-order valence-electron chi connectivity index (χ3n) is 5.22. The summed E-state index contributed by atoms with van der Waals surface area (Å²) in [6.45, 7) is 2.28. The average Bonchev–Trinajstić information content (AvgIpc) is 2.87. The molecule has 27 heavy (non-hydrogen) atoms. The Kier molecular flexibility index (Phi) is 5.78. The predicted molar refractivity (Wildman–Crippen MR) is 101 cm³/mol. The molecule has 7 nitrogen and oxygen atoms in total. The second-order valence-corrected chi connectivity index (χ2v) is 7.04. The van der Waals surface area contributed by atoms with E-state index in [0.717, 1.165) is 22.9 Å². The molecule has 1 aliphatic rings. The SMILES string of the molecule is CC(=O)N(CC(=O)O)C1CCCN(C(=O)Cc2c[nH]c3ccccc23)CC1. The number of carbonyl (C=O) groups is 3. The smallest absolute Gasteiger partial charge is 0.323 e. The molecule has 2 N–H and O–H groups in total. The molecule has 1 aromatic heterocycles. The summed E-state index contributed by atoms with van der Waals surface area (Å²) < 4.78 is 0. The van der Waals surface area contributed by atoms with Gasteiger partial charge in [0.05, 0.1) is 6.42 Å². The van der Waals surface area contributed by atoms with E-state index in [1.165, 1.54) is 11.8 Å². The number of fused-ring (bicyclic) bond motifs is 1. The molecule has 2 aromatic rings. The molecule has 2 amide bonds. The summed E-state index contributed by atoms with van der Waals surface area (Å²) in [5.41, 5.74) is 2.00. The number of nitrogens with one attached hydrogen (secondary N) is 1. The van der Waals surface area contributed by atoms with Crippen LogP contribution in [0.3, 0.4) is 0 Å². The van der Waals surface area contributed by atoms with E-state index in [1.807, 2.05) is 35.4 Å². The number of carboxylic acids is 1. The van der Waals surface area contributed by atoms with Crippen molar-refractivity contribution in [2.75, 3.05) is 19.6 Å². The first-order valence-corrected chi connectivity index (χ1v) is 9.27. The number of rotatable bonds is 5. The minimum Gasteiger partial charge on any atom is -0.480 e. The second-order valence-electron chi connectivity index (χ2n) is 7.04. The van der Waals surface area contributed by atoms with E-state index in [-0.39, 0.29) is 24.4 Å². The number of benzene rings is 1. The number of nitrogens with zero attached hydrogens (tertiary/aromatic N) is 2. The number of para-hydroxylation sites is 1. The molecule has 0 bridgehead atoms. The number of aromatic amines is 1. The third kappa shape index (κ3) is 4.48. The zero-order valence-electron chi connectivity index (χ0n) is 15.5. The summed E-state index contributed by atoms with van der Waals surface area (Å²) in [6.07, 6.45) is 4.29. The van der Waals surface area contributed by atoms with Gasteiger partial charge in [-0.15, -0.1) is 0 Å². The van der Waals surface area contributed by atoms with Crippen molar-refractivity contribution in [2.45, 2.75) is 38.6 Å². The van der Waals surface area contributed by atoms with E-state index in [2.05, 4.69) is 4.98 Å². The van der Waals surface area contributed by atoms with Gasteiger partial charge in [-0.25, -0.2) is 0 Å². The fourth-order valence-electron chi connectivity index (χ4n) is 3.84. The Balaban J connectivity index is 1.64. The van der Waals surface area contributed by atoms with Crippen LogP contribution in [0.15, 0.2) is 30.5 Å². The van der Waals surface area contributed by atoms with Gasteiger partial charge in [0.1, 0.15) is 6.54 Å². The Morgan fingerprint density at radius 3 is 2.74 bits per heavy atom. The van der Waals surface area contributed by atoms with E-state index in [0.29, 0.717) is 32.4 Å². The summed E-state index contributed by atoms with van der Waals surface area (Å²) in [5, 5.41) is 10.1. The predicted octanol–water partition coefficient (Wildman–Crippen LogP) is 2.02. The Labute approximate surface area is 157 Å². The molecule has 2 heterocycles. The Bertz CT molecular complexity index is 845. The van der Waals surface area contributed by atoms with Crippen molar-refractivity contribution >= 4 is 28.7 Å². The molecule has 7 heteroatoms. The van der Waals surface area contributed by atoms with Crippen LogP contribution in [0.2, 0.25) is 0 Å². The van der Waals surface area contributed by atoms with E-state index in [1.54, 1.807) is 0 Å². The highest BCUT2D eigenvalue weighted by molar-refractivity contribution is 5.89. The monoisotopic (exact) mass is 371 g/mol. The van der Waals surface area contributed by atoms with Gasteiger partial charge in [0.25, 0.3) is 0 Å². The fraction of sp³-hybridized carbons (Fsp3) is 0.450. The largest absolute Gasteiger partial charge is 0.480 e. The Morgan fingerprint density at radius 2 is 2.00 bits per heavy atom. The Morgan fingerprint density at radius 1 is 1.22 bits per heavy atom. The van der Waals surface area contributed by atoms with Gasteiger partial charge in [-0.3, -0.25) is 14.4 Å². The standard InChI is InChI=1S/C20H25N3O4/c1-14(24)23(13-20(26)27)16-5-4-9-22(10-8-16)19(25)11-15-12-21-18-7-3-2-6-17(15)18/h2-3,6-7,12,16,21H,4-5,8-11,13H2,1H3,(H,26,27). The molecule has 3 rings (SSSR count). The van der Waals surface area contributed by atoms with Crippen LogP contribution in [0.25, 0.3) is 10.9 Å². The highest BCUT2D eigenvalue weighted by Crippen LogP contribution is 2.21. The number of hydrogen-bond donors (Lipinski definition) is 2. The van der Waals surface area contributed by atoms with Gasteiger partial charge in [-0.05, 0) is 30.9 Å². The van der Waals surface area contributed by atoms with Crippen molar-refractivity contribution in [3.8, 4) is 0 Å². The molecule has 1 aromatic carbocycles. The molecule has 1 fully saturated rings. The highest BCUT2D eigenvalue weighted by Gasteiger charge is 2.27. The quantitative estimate of drug-likeness (QED) is 0.841. The molecule has 1 unspecified atom stereocenters. The van der Waals surface area contributed by atoms with Crippen molar-refractivity contribution in [3.63, 3.8) is 0 Å². The summed E-state index contributed by atoms with van der Waals surface area (Å²) in [6, 6.07) is 7.77. The van der Waals surface area contributed by atoms with Crippen molar-refractivity contribution in [1.82, 2.24) is 14.8 Å². The van der Waals surface area contributed by atoms with E-state index in [9.17, 15) is 14.4 Å². The van der Waals surface area contributed by atoms with Crippen molar-refractivity contribution in [2.24, 2.45) is 0 Å². The minimum atomic E-state index is -1.01. The first kappa shape index (κ1) is 18.9. The maximum atomic E-state index is 12.8.